The molecule has 6 heteroatoms. The Bertz CT molecular complexity index is 608. The molecule has 2 unspecified atom stereocenters. The average molecular weight is 306 g/mol. The van der Waals surface area contributed by atoms with Gasteiger partial charge in [-0.05, 0) is 59.7 Å². The maximum atomic E-state index is 6.09. The van der Waals surface area contributed by atoms with E-state index < -0.39 is 0 Å². The van der Waals surface area contributed by atoms with Crippen LogP contribution in [0.4, 0.5) is 5.69 Å². The van der Waals surface area contributed by atoms with Crippen LogP contribution < -0.4 is 5.73 Å². The standard InChI is InChI=1S/C15H20ClN5/c1-9-3-10(2)5-14(4-9)21-15(18-19-20-21)11-6-12(16)8-13(17)7-11/h6-10,14H,3-5,17H2,1-2H3. The summed E-state index contributed by atoms with van der Waals surface area (Å²) in [7, 11) is 0. The Kier molecular flexibility index (Phi) is 3.85. The highest BCUT2D eigenvalue weighted by Gasteiger charge is 2.28. The quantitative estimate of drug-likeness (QED) is 0.861. The Morgan fingerprint density at radius 2 is 1.86 bits per heavy atom. The molecule has 1 heterocycles. The lowest BCUT2D eigenvalue weighted by molar-refractivity contribution is 0.209. The van der Waals surface area contributed by atoms with Gasteiger partial charge in [0.25, 0.3) is 0 Å². The topological polar surface area (TPSA) is 69.6 Å². The number of hydrogen-bond acceptors (Lipinski definition) is 4. The molecule has 0 bridgehead atoms. The van der Waals surface area contributed by atoms with E-state index in [2.05, 4.69) is 29.4 Å². The molecule has 0 saturated heterocycles. The third-order valence-electron chi connectivity index (χ3n) is 4.17. The van der Waals surface area contributed by atoms with E-state index in [0.717, 1.165) is 24.2 Å². The fraction of sp³-hybridized carbons (Fsp3) is 0.533. The minimum atomic E-state index is 0.342. The van der Waals surface area contributed by atoms with Gasteiger partial charge in [0, 0.05) is 16.3 Å². The lowest BCUT2D eigenvalue weighted by Crippen LogP contribution is -2.24. The van der Waals surface area contributed by atoms with E-state index in [9.17, 15) is 0 Å². The normalized spacial score (nSPS) is 26.0. The van der Waals surface area contributed by atoms with Crippen molar-refractivity contribution >= 4 is 17.3 Å². The summed E-state index contributed by atoms with van der Waals surface area (Å²) < 4.78 is 1.94. The van der Waals surface area contributed by atoms with Crippen LogP contribution in [0.25, 0.3) is 11.4 Å². The Morgan fingerprint density at radius 1 is 1.14 bits per heavy atom. The second-order valence-electron chi connectivity index (χ2n) is 6.29. The molecule has 0 spiro atoms. The molecule has 2 N–H and O–H groups in total. The number of anilines is 1. The van der Waals surface area contributed by atoms with Crippen LogP contribution in [-0.4, -0.2) is 20.2 Å². The van der Waals surface area contributed by atoms with Crippen LogP contribution in [0.1, 0.15) is 39.2 Å². The van der Waals surface area contributed by atoms with Crippen LogP contribution >= 0.6 is 11.6 Å². The van der Waals surface area contributed by atoms with Crippen molar-refractivity contribution in [3.05, 3.63) is 23.2 Å². The second-order valence-corrected chi connectivity index (χ2v) is 6.73. The van der Waals surface area contributed by atoms with Gasteiger partial charge < -0.3 is 5.73 Å². The maximum absolute atomic E-state index is 6.09. The second kappa shape index (κ2) is 5.64. The fourth-order valence-corrected chi connectivity index (χ4v) is 3.72. The van der Waals surface area contributed by atoms with E-state index in [1.54, 1.807) is 6.07 Å². The van der Waals surface area contributed by atoms with Gasteiger partial charge in [-0.3, -0.25) is 0 Å². The van der Waals surface area contributed by atoms with Crippen molar-refractivity contribution < 1.29 is 0 Å². The van der Waals surface area contributed by atoms with Crippen molar-refractivity contribution in [2.75, 3.05) is 5.73 Å². The number of nitrogens with zero attached hydrogens (tertiary/aromatic N) is 4. The number of aromatic nitrogens is 4. The van der Waals surface area contributed by atoms with E-state index in [0.29, 0.717) is 28.6 Å². The molecule has 21 heavy (non-hydrogen) atoms. The van der Waals surface area contributed by atoms with Crippen LogP contribution in [-0.2, 0) is 0 Å². The Labute approximate surface area is 129 Å². The van der Waals surface area contributed by atoms with E-state index in [1.165, 1.54) is 6.42 Å². The van der Waals surface area contributed by atoms with Crippen LogP contribution in [0.5, 0.6) is 0 Å². The number of hydrogen-bond donors (Lipinski definition) is 1. The van der Waals surface area contributed by atoms with Crippen molar-refractivity contribution in [3.63, 3.8) is 0 Å². The summed E-state index contributed by atoms with van der Waals surface area (Å²) in [6.07, 6.45) is 3.49. The first-order valence-corrected chi connectivity index (χ1v) is 7.75. The van der Waals surface area contributed by atoms with Crippen LogP contribution in [0.3, 0.4) is 0 Å². The molecule has 5 nitrogen and oxygen atoms in total. The Morgan fingerprint density at radius 3 is 2.52 bits per heavy atom. The summed E-state index contributed by atoms with van der Waals surface area (Å²) >= 11 is 6.09. The highest BCUT2D eigenvalue weighted by Crippen LogP contribution is 2.37. The molecule has 2 aromatic rings. The predicted octanol–water partition coefficient (Wildman–Crippen LogP) is 3.57. The molecule has 1 aliphatic carbocycles. The van der Waals surface area contributed by atoms with Crippen LogP contribution in [0, 0.1) is 11.8 Å². The van der Waals surface area contributed by atoms with Crippen molar-refractivity contribution in [1.29, 1.82) is 0 Å². The summed E-state index contributed by atoms with van der Waals surface area (Å²) in [6, 6.07) is 5.79. The van der Waals surface area contributed by atoms with Crippen LogP contribution in [0.2, 0.25) is 5.02 Å². The molecule has 0 amide bonds. The third kappa shape index (κ3) is 3.02. The molecule has 2 atom stereocenters. The molecular weight excluding hydrogens is 286 g/mol. The zero-order chi connectivity index (χ0) is 15.0. The van der Waals surface area contributed by atoms with E-state index in [-0.39, 0.29) is 0 Å². The molecule has 1 aromatic heterocycles. The van der Waals surface area contributed by atoms with Gasteiger partial charge >= 0.3 is 0 Å². The van der Waals surface area contributed by atoms with Gasteiger partial charge in [-0.2, -0.15) is 0 Å². The van der Waals surface area contributed by atoms with Gasteiger partial charge in [0.15, 0.2) is 5.82 Å². The summed E-state index contributed by atoms with van der Waals surface area (Å²) in [5, 5.41) is 12.9. The highest BCUT2D eigenvalue weighted by atomic mass is 35.5. The predicted molar refractivity (Wildman–Crippen MR) is 83.9 cm³/mol. The molecule has 0 aliphatic heterocycles. The lowest BCUT2D eigenvalue weighted by Gasteiger charge is -2.31. The zero-order valence-corrected chi connectivity index (χ0v) is 13.1. The molecule has 1 saturated carbocycles. The first kappa shape index (κ1) is 14.3. The lowest BCUT2D eigenvalue weighted by atomic mass is 9.80. The van der Waals surface area contributed by atoms with Crippen molar-refractivity contribution in [3.8, 4) is 11.4 Å². The largest absolute Gasteiger partial charge is 0.399 e. The fourth-order valence-electron chi connectivity index (χ4n) is 3.48. The number of nitrogens with two attached hydrogens (primary N) is 1. The molecule has 1 aromatic carbocycles. The maximum Gasteiger partial charge on any atom is 0.182 e. The summed E-state index contributed by atoms with van der Waals surface area (Å²) in [5.74, 6) is 2.14. The zero-order valence-electron chi connectivity index (χ0n) is 12.3. The first-order valence-electron chi connectivity index (χ1n) is 7.37. The van der Waals surface area contributed by atoms with E-state index in [4.69, 9.17) is 17.3 Å². The minimum absolute atomic E-state index is 0.342. The molecule has 0 radical (unpaired) electrons. The Balaban J connectivity index is 1.97. The van der Waals surface area contributed by atoms with Crippen molar-refractivity contribution in [1.82, 2.24) is 20.2 Å². The van der Waals surface area contributed by atoms with Gasteiger partial charge in [-0.1, -0.05) is 25.4 Å². The molecule has 112 valence electrons. The minimum Gasteiger partial charge on any atom is -0.399 e. The number of halogens is 1. The van der Waals surface area contributed by atoms with Crippen LogP contribution in [0.15, 0.2) is 18.2 Å². The average Bonchev–Trinajstić information content (AvgIpc) is 2.85. The third-order valence-corrected chi connectivity index (χ3v) is 4.39. The summed E-state index contributed by atoms with van der Waals surface area (Å²) in [5.41, 5.74) is 7.37. The van der Waals surface area contributed by atoms with E-state index >= 15 is 0 Å². The molecular formula is C15H20ClN5. The molecule has 1 fully saturated rings. The van der Waals surface area contributed by atoms with Gasteiger partial charge in [0.05, 0.1) is 6.04 Å². The highest BCUT2D eigenvalue weighted by molar-refractivity contribution is 6.31. The number of nitrogen functional groups attached to an aromatic ring is 1. The van der Waals surface area contributed by atoms with Gasteiger partial charge in [-0.25, -0.2) is 4.68 Å². The van der Waals surface area contributed by atoms with Gasteiger partial charge in [-0.15, -0.1) is 5.10 Å². The SMILES string of the molecule is CC1CC(C)CC(n2nnnc2-c2cc(N)cc(Cl)c2)C1. The van der Waals surface area contributed by atoms with Gasteiger partial charge in [0.1, 0.15) is 0 Å². The monoisotopic (exact) mass is 305 g/mol. The Hall–Kier alpha value is -1.62. The molecule has 1 aliphatic rings. The van der Waals surface area contributed by atoms with Crippen molar-refractivity contribution in [2.24, 2.45) is 11.8 Å². The summed E-state index contributed by atoms with van der Waals surface area (Å²) in [6.45, 7) is 4.59. The van der Waals surface area contributed by atoms with Crippen molar-refractivity contribution in [2.45, 2.75) is 39.2 Å². The summed E-state index contributed by atoms with van der Waals surface area (Å²) in [4.78, 5) is 0. The number of benzene rings is 1. The first-order chi connectivity index (χ1) is 10.0. The number of rotatable bonds is 2. The number of tetrazole rings is 1. The smallest absolute Gasteiger partial charge is 0.182 e. The van der Waals surface area contributed by atoms with E-state index in [1.807, 2.05) is 16.8 Å². The van der Waals surface area contributed by atoms with Gasteiger partial charge in [0.2, 0.25) is 0 Å². The molecule has 3 rings (SSSR count).